The van der Waals surface area contributed by atoms with Crippen LogP contribution in [0.2, 0.25) is 4.94 Å². The van der Waals surface area contributed by atoms with E-state index >= 15 is 0 Å². The molecule has 2 N–H and O–H groups in total. The van der Waals surface area contributed by atoms with E-state index in [9.17, 15) is 0 Å². The number of rotatable bonds is 5. The van der Waals surface area contributed by atoms with Crippen molar-refractivity contribution in [3.05, 3.63) is 29.8 Å². The molecule has 0 amide bonds. The van der Waals surface area contributed by atoms with Crippen LogP contribution in [0.1, 0.15) is 38.8 Å². The van der Waals surface area contributed by atoms with Gasteiger partial charge >= 0.3 is 107 Å². The SMILES string of the molecule is CCC(C)[O][Sn]([CH3])[c]1ccccc1C(C)N. The van der Waals surface area contributed by atoms with Crippen LogP contribution in [0, 0.1) is 0 Å². The number of hydrogen-bond donors (Lipinski definition) is 1. The van der Waals surface area contributed by atoms with Crippen LogP contribution >= 0.6 is 0 Å². The molecule has 2 nitrogen and oxygen atoms in total. The van der Waals surface area contributed by atoms with Gasteiger partial charge in [-0.2, -0.15) is 0 Å². The zero-order valence-corrected chi connectivity index (χ0v) is 13.5. The van der Waals surface area contributed by atoms with Gasteiger partial charge in [0.1, 0.15) is 0 Å². The van der Waals surface area contributed by atoms with Crippen molar-refractivity contribution in [1.82, 2.24) is 0 Å². The summed E-state index contributed by atoms with van der Waals surface area (Å²) in [5.74, 6) is 0. The first-order valence-corrected chi connectivity index (χ1v) is 11.4. The second kappa shape index (κ2) is 6.62. The molecule has 1 aromatic carbocycles. The van der Waals surface area contributed by atoms with E-state index in [1.807, 2.05) is 6.92 Å². The standard InChI is InChI=1S/C8H10N.C4H9O.CH3.Sn/c1-7(9)8-5-3-2-4-6-8;1-3-4(2)5;;/h2-5,7H,9H2,1H3;4H,3H2,1-2H3;1H3;/q;-1;;+1. The number of benzene rings is 1. The third kappa shape index (κ3) is 3.75. The fourth-order valence-electron chi connectivity index (χ4n) is 1.66. The van der Waals surface area contributed by atoms with Crippen molar-refractivity contribution in [3.8, 4) is 0 Å². The molecule has 1 radical (unpaired) electrons. The van der Waals surface area contributed by atoms with Crippen molar-refractivity contribution in [2.75, 3.05) is 0 Å². The van der Waals surface area contributed by atoms with E-state index < -0.39 is 20.2 Å². The van der Waals surface area contributed by atoms with E-state index in [-0.39, 0.29) is 6.04 Å². The van der Waals surface area contributed by atoms with Crippen LogP contribution in [0.3, 0.4) is 0 Å². The van der Waals surface area contributed by atoms with Crippen molar-refractivity contribution in [3.63, 3.8) is 0 Å². The molecule has 0 aromatic heterocycles. The van der Waals surface area contributed by atoms with Gasteiger partial charge in [-0.15, -0.1) is 0 Å². The van der Waals surface area contributed by atoms with Gasteiger partial charge in [0.05, 0.1) is 0 Å². The fourth-order valence-corrected chi connectivity index (χ4v) is 7.22. The average molecular weight is 327 g/mol. The maximum atomic E-state index is 6.12. The molecule has 0 bridgehead atoms. The van der Waals surface area contributed by atoms with Crippen molar-refractivity contribution >= 4 is 23.8 Å². The Morgan fingerprint density at radius 2 is 1.94 bits per heavy atom. The summed E-state index contributed by atoms with van der Waals surface area (Å²) in [5, 5.41) is 0. The molecule has 2 atom stereocenters. The van der Waals surface area contributed by atoms with Crippen LogP contribution in [0.25, 0.3) is 0 Å². The first-order chi connectivity index (χ1) is 7.56. The minimum absolute atomic E-state index is 0.104. The van der Waals surface area contributed by atoms with Crippen molar-refractivity contribution < 1.29 is 3.07 Å². The molecule has 0 aliphatic rings. The van der Waals surface area contributed by atoms with Crippen molar-refractivity contribution in [2.24, 2.45) is 5.73 Å². The topological polar surface area (TPSA) is 35.2 Å². The Hall–Kier alpha value is -0.0613. The summed E-state index contributed by atoms with van der Waals surface area (Å²) < 4.78 is 7.52. The monoisotopic (exact) mass is 328 g/mol. The Bertz CT molecular complexity index is 327. The molecule has 0 aliphatic carbocycles. The molecule has 89 valence electrons. The molecular formula is C13H22NOSn. The van der Waals surface area contributed by atoms with Gasteiger partial charge in [-0.05, 0) is 0 Å². The first-order valence-electron chi connectivity index (χ1n) is 5.91. The van der Waals surface area contributed by atoms with Crippen LogP contribution in [0.5, 0.6) is 0 Å². The minimum atomic E-state index is -1.90. The van der Waals surface area contributed by atoms with Gasteiger partial charge in [0.15, 0.2) is 0 Å². The van der Waals surface area contributed by atoms with E-state index in [0.717, 1.165) is 6.42 Å². The molecule has 1 rings (SSSR count). The number of hydrogen-bond acceptors (Lipinski definition) is 2. The van der Waals surface area contributed by atoms with Crippen LogP contribution in [-0.4, -0.2) is 26.3 Å². The van der Waals surface area contributed by atoms with Crippen LogP contribution in [-0.2, 0) is 3.07 Å². The Kier molecular flexibility index (Phi) is 5.79. The average Bonchev–Trinajstić information content (AvgIpc) is 2.28. The molecule has 0 saturated carbocycles. The zero-order chi connectivity index (χ0) is 12.1. The third-order valence-electron chi connectivity index (χ3n) is 2.78. The summed E-state index contributed by atoms with van der Waals surface area (Å²) in [6.45, 7) is 6.36. The quantitative estimate of drug-likeness (QED) is 0.843. The predicted octanol–water partition coefficient (Wildman–Crippen LogP) is 2.35. The molecule has 0 spiro atoms. The number of nitrogens with two attached hydrogens (primary N) is 1. The first kappa shape index (κ1) is 14.0. The van der Waals surface area contributed by atoms with E-state index in [1.54, 1.807) is 0 Å². The van der Waals surface area contributed by atoms with E-state index in [0.29, 0.717) is 6.10 Å². The van der Waals surface area contributed by atoms with Crippen molar-refractivity contribution in [2.45, 2.75) is 44.3 Å². The van der Waals surface area contributed by atoms with Crippen LogP contribution < -0.4 is 9.31 Å². The molecule has 1 aromatic rings. The van der Waals surface area contributed by atoms with Gasteiger partial charge in [-0.25, -0.2) is 0 Å². The Morgan fingerprint density at radius 1 is 1.31 bits per heavy atom. The van der Waals surface area contributed by atoms with E-state index in [2.05, 4.69) is 43.1 Å². The summed E-state index contributed by atoms with van der Waals surface area (Å²) in [5.41, 5.74) is 7.26. The van der Waals surface area contributed by atoms with Crippen LogP contribution in [0.15, 0.2) is 24.3 Å². The van der Waals surface area contributed by atoms with Crippen molar-refractivity contribution in [1.29, 1.82) is 0 Å². The second-order valence-corrected chi connectivity index (χ2v) is 9.65. The summed E-state index contributed by atoms with van der Waals surface area (Å²) in [7, 11) is 0. The summed E-state index contributed by atoms with van der Waals surface area (Å²) in [6, 6.07) is 8.57. The molecule has 0 heterocycles. The van der Waals surface area contributed by atoms with E-state index in [1.165, 1.54) is 9.14 Å². The summed E-state index contributed by atoms with van der Waals surface area (Å²) in [4.78, 5) is 2.29. The predicted molar refractivity (Wildman–Crippen MR) is 71.1 cm³/mol. The van der Waals surface area contributed by atoms with Crippen LogP contribution in [0.4, 0.5) is 0 Å². The van der Waals surface area contributed by atoms with Gasteiger partial charge in [0, 0.05) is 0 Å². The normalized spacial score (nSPS) is 15.1. The molecule has 0 aliphatic heterocycles. The van der Waals surface area contributed by atoms with Gasteiger partial charge in [0.25, 0.3) is 0 Å². The Labute approximate surface area is 106 Å². The van der Waals surface area contributed by atoms with E-state index in [4.69, 9.17) is 8.81 Å². The van der Waals surface area contributed by atoms with Gasteiger partial charge < -0.3 is 0 Å². The fraction of sp³-hybridized carbons (Fsp3) is 0.538. The molecule has 0 fully saturated rings. The molecule has 0 saturated heterocycles. The molecule has 2 unspecified atom stereocenters. The molecule has 3 heteroatoms. The third-order valence-corrected chi connectivity index (χ3v) is 8.41. The van der Waals surface area contributed by atoms with Gasteiger partial charge in [0.2, 0.25) is 0 Å². The van der Waals surface area contributed by atoms with Gasteiger partial charge in [-0.3, -0.25) is 0 Å². The molecule has 16 heavy (non-hydrogen) atoms. The van der Waals surface area contributed by atoms with Gasteiger partial charge in [-0.1, -0.05) is 0 Å². The summed E-state index contributed by atoms with van der Waals surface area (Å²) in [6.07, 6.45) is 1.46. The Balaban J connectivity index is 2.85. The zero-order valence-electron chi connectivity index (χ0n) is 10.7. The second-order valence-electron chi connectivity index (χ2n) is 4.27. The molecular weight excluding hydrogens is 305 g/mol. The Morgan fingerprint density at radius 3 is 2.50 bits per heavy atom. The maximum absolute atomic E-state index is 6.12. The summed E-state index contributed by atoms with van der Waals surface area (Å²) >= 11 is -1.90.